The van der Waals surface area contributed by atoms with Crippen LogP contribution in [0.1, 0.15) is 47.9 Å². The van der Waals surface area contributed by atoms with Crippen LogP contribution in [0, 0.1) is 5.82 Å². The van der Waals surface area contributed by atoms with Crippen LogP contribution < -0.4 is 26.6 Å². The normalized spacial score (nSPS) is 15.5. The van der Waals surface area contributed by atoms with Gasteiger partial charge in [-0.05, 0) is 63.6 Å². The van der Waals surface area contributed by atoms with Gasteiger partial charge in [-0.15, -0.1) is 0 Å². The molecule has 2 heterocycles. The van der Waals surface area contributed by atoms with Gasteiger partial charge in [0.2, 0.25) is 5.91 Å². The van der Waals surface area contributed by atoms with E-state index in [0.29, 0.717) is 30.8 Å². The summed E-state index contributed by atoms with van der Waals surface area (Å²) in [4.78, 5) is 41.9. The molecule has 1 fully saturated rings. The lowest BCUT2D eigenvalue weighted by Crippen LogP contribution is -2.40. The smallest absolute Gasteiger partial charge is 0.252 e. The summed E-state index contributed by atoms with van der Waals surface area (Å²) in [6.45, 7) is 9.93. The van der Waals surface area contributed by atoms with Crippen molar-refractivity contribution in [3.8, 4) is 0 Å². The van der Waals surface area contributed by atoms with E-state index in [9.17, 15) is 18.8 Å². The minimum Gasteiger partial charge on any atom is -0.365 e. The van der Waals surface area contributed by atoms with Crippen molar-refractivity contribution in [2.45, 2.75) is 38.8 Å². The molecule has 0 spiro atoms. The van der Waals surface area contributed by atoms with Crippen molar-refractivity contribution in [2.24, 2.45) is 5.73 Å². The second kappa shape index (κ2) is 9.90. The second-order valence-corrected chi connectivity index (χ2v) is 9.11. The summed E-state index contributed by atoms with van der Waals surface area (Å²) in [5, 5.41) is 8.66. The average Bonchev–Trinajstić information content (AvgIpc) is 3.21. The number of carbonyl (C=O) groups excluding carboxylic acids is 3. The first-order valence-electron chi connectivity index (χ1n) is 10.8. The summed E-state index contributed by atoms with van der Waals surface area (Å²) in [6.07, 6.45) is 1.79. The van der Waals surface area contributed by atoms with Gasteiger partial charge in [0.1, 0.15) is 5.82 Å². The second-order valence-electron chi connectivity index (χ2n) is 9.11. The molecule has 10 heteroatoms. The molecule has 1 aliphatic heterocycles. The fraction of sp³-hybridized carbons (Fsp3) is 0.333. The predicted octanol–water partition coefficient (Wildman–Crippen LogP) is 2.47. The first-order valence-corrected chi connectivity index (χ1v) is 10.8. The molecule has 1 atom stereocenters. The summed E-state index contributed by atoms with van der Waals surface area (Å²) >= 11 is 0. The molecule has 0 bridgehead atoms. The highest BCUT2D eigenvalue weighted by molar-refractivity contribution is 5.99. The Hall–Kier alpha value is -3.95. The van der Waals surface area contributed by atoms with Gasteiger partial charge in [0.15, 0.2) is 11.6 Å². The molecule has 3 amide bonds. The molecule has 180 valence electrons. The van der Waals surface area contributed by atoms with E-state index >= 15 is 0 Å². The molecule has 2 aromatic rings. The van der Waals surface area contributed by atoms with Gasteiger partial charge in [-0.3, -0.25) is 14.4 Å². The van der Waals surface area contributed by atoms with Crippen LogP contribution in [0.15, 0.2) is 43.0 Å². The van der Waals surface area contributed by atoms with Crippen LogP contribution in [-0.2, 0) is 4.79 Å². The van der Waals surface area contributed by atoms with E-state index < -0.39 is 11.7 Å². The lowest BCUT2D eigenvalue weighted by Gasteiger charge is -2.21. The Morgan fingerprint density at radius 1 is 1.24 bits per heavy atom. The standard InChI is InChI=1S/C24H29FN6O3/c1-5-19(32)27-16-10-11-31(13-16)22-18(25)12-17(20(26)33)21(29-22)28-15-8-6-14(7-9-15)23(34)30-24(2,3)4/h5-9,12,16H,1,10-11,13H2,2-4H3,(H2,26,33)(H,27,32)(H,28,29)(H,30,34). The summed E-state index contributed by atoms with van der Waals surface area (Å²) in [5.74, 6) is -1.90. The van der Waals surface area contributed by atoms with Crippen LogP contribution in [0.25, 0.3) is 0 Å². The van der Waals surface area contributed by atoms with Crippen molar-refractivity contribution >= 4 is 35.0 Å². The Morgan fingerprint density at radius 2 is 1.91 bits per heavy atom. The van der Waals surface area contributed by atoms with Crippen molar-refractivity contribution in [1.29, 1.82) is 0 Å². The van der Waals surface area contributed by atoms with Gasteiger partial charge in [-0.25, -0.2) is 9.37 Å². The molecule has 0 saturated carbocycles. The fourth-order valence-electron chi connectivity index (χ4n) is 3.57. The summed E-state index contributed by atoms with van der Waals surface area (Å²) in [7, 11) is 0. The number of nitrogens with one attached hydrogen (secondary N) is 3. The number of amides is 3. The van der Waals surface area contributed by atoms with Crippen LogP contribution in [0.3, 0.4) is 0 Å². The molecule has 1 aromatic carbocycles. The van der Waals surface area contributed by atoms with Crippen molar-refractivity contribution in [3.63, 3.8) is 0 Å². The molecule has 3 rings (SSSR count). The van der Waals surface area contributed by atoms with Crippen LogP contribution in [-0.4, -0.2) is 47.4 Å². The van der Waals surface area contributed by atoms with Gasteiger partial charge in [0.05, 0.1) is 5.56 Å². The van der Waals surface area contributed by atoms with Gasteiger partial charge in [-0.2, -0.15) is 0 Å². The molecule has 1 saturated heterocycles. The van der Waals surface area contributed by atoms with Gasteiger partial charge in [0, 0.05) is 35.9 Å². The summed E-state index contributed by atoms with van der Waals surface area (Å²) < 4.78 is 14.8. The van der Waals surface area contributed by atoms with Crippen LogP contribution in [0.4, 0.5) is 21.7 Å². The zero-order chi connectivity index (χ0) is 25.0. The molecule has 1 aliphatic rings. The third-order valence-electron chi connectivity index (χ3n) is 5.14. The zero-order valence-corrected chi connectivity index (χ0v) is 19.4. The number of aromatic nitrogens is 1. The molecule has 34 heavy (non-hydrogen) atoms. The van der Waals surface area contributed by atoms with E-state index in [2.05, 4.69) is 27.5 Å². The van der Waals surface area contributed by atoms with Gasteiger partial charge < -0.3 is 26.6 Å². The molecular weight excluding hydrogens is 439 g/mol. The first kappa shape index (κ1) is 24.7. The number of pyridine rings is 1. The number of halogens is 1. The van der Waals surface area contributed by atoms with Crippen molar-refractivity contribution in [1.82, 2.24) is 15.6 Å². The molecule has 5 N–H and O–H groups in total. The largest absolute Gasteiger partial charge is 0.365 e. The Kier molecular flexibility index (Phi) is 7.19. The molecule has 0 radical (unpaired) electrons. The zero-order valence-electron chi connectivity index (χ0n) is 19.4. The molecule has 1 aromatic heterocycles. The average molecular weight is 469 g/mol. The lowest BCUT2D eigenvalue weighted by molar-refractivity contribution is -0.117. The van der Waals surface area contributed by atoms with E-state index in [1.165, 1.54) is 6.08 Å². The van der Waals surface area contributed by atoms with Crippen molar-refractivity contribution < 1.29 is 18.8 Å². The van der Waals surface area contributed by atoms with Crippen LogP contribution in [0.5, 0.6) is 0 Å². The van der Waals surface area contributed by atoms with E-state index in [1.807, 2.05) is 20.8 Å². The highest BCUT2D eigenvalue weighted by atomic mass is 19.1. The molecular formula is C24H29FN6O3. The topological polar surface area (TPSA) is 129 Å². The Labute approximate surface area is 197 Å². The molecule has 1 unspecified atom stereocenters. The minimum atomic E-state index is -0.834. The van der Waals surface area contributed by atoms with Crippen LogP contribution >= 0.6 is 0 Å². The summed E-state index contributed by atoms with van der Waals surface area (Å²) in [6, 6.07) is 7.45. The number of hydrogen-bond donors (Lipinski definition) is 4. The maximum Gasteiger partial charge on any atom is 0.252 e. The third-order valence-corrected chi connectivity index (χ3v) is 5.14. The Morgan fingerprint density at radius 3 is 2.50 bits per heavy atom. The number of carbonyl (C=O) groups is 3. The van der Waals surface area contributed by atoms with E-state index in [4.69, 9.17) is 5.73 Å². The number of benzene rings is 1. The number of hydrogen-bond acceptors (Lipinski definition) is 6. The van der Waals surface area contributed by atoms with Gasteiger partial charge >= 0.3 is 0 Å². The Bertz CT molecular complexity index is 1110. The number of anilines is 3. The fourth-order valence-corrected chi connectivity index (χ4v) is 3.57. The number of rotatable bonds is 7. The van der Waals surface area contributed by atoms with Crippen molar-refractivity contribution in [2.75, 3.05) is 23.3 Å². The highest BCUT2D eigenvalue weighted by Gasteiger charge is 2.28. The van der Waals surface area contributed by atoms with Gasteiger partial charge in [-0.1, -0.05) is 6.58 Å². The first-order chi connectivity index (χ1) is 16.0. The van der Waals surface area contributed by atoms with Crippen LogP contribution in [0.2, 0.25) is 0 Å². The number of primary amides is 1. The van der Waals surface area contributed by atoms with Gasteiger partial charge in [0.25, 0.3) is 11.8 Å². The van der Waals surface area contributed by atoms with E-state index in [1.54, 1.807) is 29.2 Å². The monoisotopic (exact) mass is 468 g/mol. The number of nitrogens with zero attached hydrogens (tertiary/aromatic N) is 2. The predicted molar refractivity (Wildman–Crippen MR) is 129 cm³/mol. The molecule has 9 nitrogen and oxygen atoms in total. The third kappa shape index (κ3) is 6.09. The van der Waals surface area contributed by atoms with E-state index in [-0.39, 0.29) is 40.6 Å². The van der Waals surface area contributed by atoms with Crippen molar-refractivity contribution in [3.05, 3.63) is 59.9 Å². The van der Waals surface area contributed by atoms with E-state index in [0.717, 1.165) is 6.07 Å². The highest BCUT2D eigenvalue weighted by Crippen LogP contribution is 2.28. The minimum absolute atomic E-state index is 0.0454. The SMILES string of the molecule is C=CC(=O)NC1CCN(c2nc(Nc3ccc(C(=O)NC(C)(C)C)cc3)c(C(N)=O)cc2F)C1. The number of nitrogens with two attached hydrogens (primary N) is 1. The lowest BCUT2D eigenvalue weighted by atomic mass is 10.1. The quantitative estimate of drug-likeness (QED) is 0.462. The summed E-state index contributed by atoms with van der Waals surface area (Å²) in [5.41, 5.74) is 5.97. The Balaban J connectivity index is 1.82. The molecule has 0 aliphatic carbocycles. The maximum absolute atomic E-state index is 14.8. The maximum atomic E-state index is 14.8.